The average molecular weight is 283 g/mol. The summed E-state index contributed by atoms with van der Waals surface area (Å²) in [6.07, 6.45) is 3.57. The van der Waals surface area contributed by atoms with Crippen molar-refractivity contribution < 1.29 is 0 Å². The lowest BCUT2D eigenvalue weighted by atomic mass is 9.89. The zero-order chi connectivity index (χ0) is 14.5. The molecule has 19 heavy (non-hydrogen) atoms. The number of hydrogen-bond acceptors (Lipinski definition) is 4. The maximum atomic E-state index is 4.37. The lowest BCUT2D eigenvalue weighted by Crippen LogP contribution is -2.25. The Hall–Kier alpha value is -0.480. The molecule has 0 spiro atoms. The van der Waals surface area contributed by atoms with Crippen molar-refractivity contribution in [1.82, 2.24) is 14.9 Å². The Balaban J connectivity index is 2.87. The van der Waals surface area contributed by atoms with Gasteiger partial charge in [-0.2, -0.15) is 0 Å². The zero-order valence-corrected chi connectivity index (χ0v) is 14.1. The second-order valence-electron chi connectivity index (χ2n) is 6.71. The summed E-state index contributed by atoms with van der Waals surface area (Å²) in [5.74, 6) is 0.741. The van der Waals surface area contributed by atoms with E-state index in [1.165, 1.54) is 17.7 Å². The molecular formula is C15H29N3S. The van der Waals surface area contributed by atoms with E-state index in [1.54, 1.807) is 11.5 Å². The Morgan fingerprint density at radius 3 is 2.42 bits per heavy atom. The summed E-state index contributed by atoms with van der Waals surface area (Å²) in [6, 6.07) is 0.413. The molecule has 0 saturated carbocycles. The van der Waals surface area contributed by atoms with Crippen molar-refractivity contribution in [2.75, 3.05) is 6.54 Å². The van der Waals surface area contributed by atoms with Gasteiger partial charge in [0.05, 0.1) is 10.6 Å². The first-order valence-electron chi connectivity index (χ1n) is 7.42. The standard InChI is InChI=1S/C15H29N3S/c1-7-10-16-12(9-8-11(2)3)13-14(15(4,5)6)17-18-19-13/h11-12,16H,7-10H2,1-6H3. The van der Waals surface area contributed by atoms with Crippen molar-refractivity contribution in [2.45, 2.75) is 72.3 Å². The van der Waals surface area contributed by atoms with Crippen molar-refractivity contribution in [3.63, 3.8) is 0 Å². The fourth-order valence-electron chi connectivity index (χ4n) is 2.09. The highest BCUT2D eigenvalue weighted by Gasteiger charge is 2.26. The van der Waals surface area contributed by atoms with Gasteiger partial charge in [0.25, 0.3) is 0 Å². The number of rotatable bonds is 7. The zero-order valence-electron chi connectivity index (χ0n) is 13.3. The monoisotopic (exact) mass is 283 g/mol. The van der Waals surface area contributed by atoms with E-state index in [0.717, 1.165) is 24.6 Å². The smallest absolute Gasteiger partial charge is 0.0857 e. The second-order valence-corrected chi connectivity index (χ2v) is 7.50. The third-order valence-corrected chi connectivity index (χ3v) is 4.05. The molecule has 4 heteroatoms. The largest absolute Gasteiger partial charge is 0.309 e. The molecule has 0 fully saturated rings. The van der Waals surface area contributed by atoms with Crippen molar-refractivity contribution in [3.05, 3.63) is 10.6 Å². The predicted octanol–water partition coefficient (Wildman–Crippen LogP) is 4.31. The van der Waals surface area contributed by atoms with Crippen LogP contribution in [0.1, 0.15) is 77.4 Å². The molecule has 0 radical (unpaired) electrons. The van der Waals surface area contributed by atoms with Crippen molar-refractivity contribution >= 4 is 11.5 Å². The molecule has 1 rings (SSSR count). The maximum Gasteiger partial charge on any atom is 0.0857 e. The molecule has 1 N–H and O–H groups in total. The van der Waals surface area contributed by atoms with E-state index in [9.17, 15) is 0 Å². The first kappa shape index (κ1) is 16.6. The number of nitrogens with one attached hydrogen (secondary N) is 1. The predicted molar refractivity (Wildman–Crippen MR) is 83.7 cm³/mol. The molecule has 1 unspecified atom stereocenters. The lowest BCUT2D eigenvalue weighted by molar-refractivity contribution is 0.435. The van der Waals surface area contributed by atoms with Gasteiger partial charge in [-0.15, -0.1) is 5.10 Å². The summed E-state index contributed by atoms with van der Waals surface area (Å²) >= 11 is 1.56. The summed E-state index contributed by atoms with van der Waals surface area (Å²) in [5.41, 5.74) is 1.24. The van der Waals surface area contributed by atoms with E-state index < -0.39 is 0 Å². The quantitative estimate of drug-likeness (QED) is 0.810. The van der Waals surface area contributed by atoms with Gasteiger partial charge in [0, 0.05) is 11.5 Å². The van der Waals surface area contributed by atoms with Gasteiger partial charge in [0.1, 0.15) is 0 Å². The van der Waals surface area contributed by atoms with Crippen LogP contribution in [0, 0.1) is 5.92 Å². The fraction of sp³-hybridized carbons (Fsp3) is 0.867. The Labute approximate surface area is 122 Å². The van der Waals surface area contributed by atoms with Crippen LogP contribution in [0.5, 0.6) is 0 Å². The van der Waals surface area contributed by atoms with Gasteiger partial charge in [-0.05, 0) is 43.3 Å². The Kier molecular flexibility index (Phi) is 6.40. The minimum Gasteiger partial charge on any atom is -0.309 e. The summed E-state index contributed by atoms with van der Waals surface area (Å²) < 4.78 is 4.20. The van der Waals surface area contributed by atoms with Crippen LogP contribution in [0.15, 0.2) is 0 Å². The summed E-state index contributed by atoms with van der Waals surface area (Å²) in [6.45, 7) is 14.5. The molecule has 1 heterocycles. The summed E-state index contributed by atoms with van der Waals surface area (Å²) in [7, 11) is 0. The van der Waals surface area contributed by atoms with E-state index in [-0.39, 0.29) is 5.41 Å². The van der Waals surface area contributed by atoms with Gasteiger partial charge in [0.15, 0.2) is 0 Å². The third kappa shape index (κ3) is 5.19. The van der Waals surface area contributed by atoms with Crippen LogP contribution in [0.3, 0.4) is 0 Å². The fourth-order valence-corrected chi connectivity index (χ4v) is 3.06. The molecule has 0 bridgehead atoms. The number of hydrogen-bond donors (Lipinski definition) is 1. The Bertz CT molecular complexity index is 366. The van der Waals surface area contributed by atoms with Crippen LogP contribution < -0.4 is 5.32 Å². The summed E-state index contributed by atoms with van der Waals surface area (Å²) in [5, 5.41) is 8.04. The topological polar surface area (TPSA) is 37.8 Å². The van der Waals surface area contributed by atoms with E-state index in [4.69, 9.17) is 0 Å². The van der Waals surface area contributed by atoms with E-state index in [2.05, 4.69) is 56.4 Å². The highest BCUT2D eigenvalue weighted by atomic mass is 32.1. The van der Waals surface area contributed by atoms with Gasteiger partial charge in [-0.1, -0.05) is 46.0 Å². The minimum absolute atomic E-state index is 0.0757. The van der Waals surface area contributed by atoms with Gasteiger partial charge in [-0.3, -0.25) is 0 Å². The van der Waals surface area contributed by atoms with E-state index in [0.29, 0.717) is 6.04 Å². The molecule has 1 aromatic rings. The SMILES string of the molecule is CCCNC(CCC(C)C)c1snnc1C(C)(C)C. The van der Waals surface area contributed by atoms with E-state index >= 15 is 0 Å². The molecule has 0 saturated heterocycles. The number of aromatic nitrogens is 2. The molecule has 0 aliphatic rings. The second kappa shape index (κ2) is 7.34. The van der Waals surface area contributed by atoms with Crippen LogP contribution in [0.25, 0.3) is 0 Å². The highest BCUT2D eigenvalue weighted by molar-refractivity contribution is 7.05. The van der Waals surface area contributed by atoms with Crippen LogP contribution >= 0.6 is 11.5 Å². The summed E-state index contributed by atoms with van der Waals surface area (Å²) in [4.78, 5) is 1.33. The molecule has 0 aliphatic heterocycles. The first-order chi connectivity index (χ1) is 8.86. The third-order valence-electron chi connectivity index (χ3n) is 3.21. The average Bonchev–Trinajstić information content (AvgIpc) is 2.77. The van der Waals surface area contributed by atoms with Gasteiger partial charge in [0.2, 0.25) is 0 Å². The van der Waals surface area contributed by atoms with E-state index in [1.807, 2.05) is 0 Å². The highest BCUT2D eigenvalue weighted by Crippen LogP contribution is 2.32. The molecule has 1 atom stereocenters. The maximum absolute atomic E-state index is 4.37. The number of nitrogens with zero attached hydrogens (tertiary/aromatic N) is 2. The molecule has 110 valence electrons. The van der Waals surface area contributed by atoms with Crippen LogP contribution in [0.4, 0.5) is 0 Å². The van der Waals surface area contributed by atoms with Crippen molar-refractivity contribution in [3.8, 4) is 0 Å². The molecular weight excluding hydrogens is 254 g/mol. The molecule has 0 aliphatic carbocycles. The molecule has 1 aromatic heterocycles. The van der Waals surface area contributed by atoms with Crippen LogP contribution in [-0.2, 0) is 5.41 Å². The lowest BCUT2D eigenvalue weighted by Gasteiger charge is -2.23. The first-order valence-corrected chi connectivity index (χ1v) is 8.19. The Morgan fingerprint density at radius 2 is 1.89 bits per heavy atom. The van der Waals surface area contributed by atoms with Crippen LogP contribution in [0.2, 0.25) is 0 Å². The normalized spacial score (nSPS) is 14.1. The molecule has 0 amide bonds. The Morgan fingerprint density at radius 1 is 1.21 bits per heavy atom. The molecule has 0 aromatic carbocycles. The van der Waals surface area contributed by atoms with Gasteiger partial charge >= 0.3 is 0 Å². The van der Waals surface area contributed by atoms with Gasteiger partial charge < -0.3 is 5.32 Å². The minimum atomic E-state index is 0.0757. The molecule has 3 nitrogen and oxygen atoms in total. The van der Waals surface area contributed by atoms with Crippen LogP contribution in [-0.4, -0.2) is 16.1 Å². The van der Waals surface area contributed by atoms with Crippen molar-refractivity contribution in [2.24, 2.45) is 5.92 Å². The van der Waals surface area contributed by atoms with Gasteiger partial charge in [-0.25, -0.2) is 0 Å². The van der Waals surface area contributed by atoms with Crippen molar-refractivity contribution in [1.29, 1.82) is 0 Å².